The number of rotatable bonds is 2. The molecule has 0 atom stereocenters. The SMILES string of the molecule is O=S(=O)(O)c1ccc2nc(-c3cscn3)[nH]c2c1. The largest absolute Gasteiger partial charge is 0.337 e. The minimum atomic E-state index is -4.20. The number of fused-ring (bicyclic) bond motifs is 1. The van der Waals surface area contributed by atoms with Gasteiger partial charge in [0.05, 0.1) is 21.4 Å². The van der Waals surface area contributed by atoms with E-state index in [2.05, 4.69) is 15.0 Å². The zero-order valence-corrected chi connectivity index (χ0v) is 10.5. The van der Waals surface area contributed by atoms with E-state index in [-0.39, 0.29) is 4.90 Å². The van der Waals surface area contributed by atoms with Crippen LogP contribution in [0.3, 0.4) is 0 Å². The van der Waals surface area contributed by atoms with Crippen LogP contribution in [0, 0.1) is 0 Å². The van der Waals surface area contributed by atoms with Gasteiger partial charge in [-0.1, -0.05) is 0 Å². The number of nitrogens with zero attached hydrogens (tertiary/aromatic N) is 2. The molecular weight excluding hydrogens is 274 g/mol. The van der Waals surface area contributed by atoms with Gasteiger partial charge in [0.15, 0.2) is 5.82 Å². The second-order valence-electron chi connectivity index (χ2n) is 3.61. The highest BCUT2D eigenvalue weighted by Gasteiger charge is 2.12. The molecule has 0 amide bonds. The molecule has 0 saturated carbocycles. The topological polar surface area (TPSA) is 95.9 Å². The van der Waals surface area contributed by atoms with Gasteiger partial charge in [0.25, 0.3) is 10.1 Å². The van der Waals surface area contributed by atoms with E-state index in [1.165, 1.54) is 29.5 Å². The maximum absolute atomic E-state index is 11.0. The molecule has 92 valence electrons. The Morgan fingerprint density at radius 1 is 1.33 bits per heavy atom. The van der Waals surface area contributed by atoms with Crippen molar-refractivity contribution in [1.29, 1.82) is 0 Å². The van der Waals surface area contributed by atoms with Crippen LogP contribution in [-0.4, -0.2) is 27.9 Å². The Hall–Kier alpha value is -1.77. The summed E-state index contributed by atoms with van der Waals surface area (Å²) in [6.45, 7) is 0. The van der Waals surface area contributed by atoms with Crippen LogP contribution in [0.1, 0.15) is 0 Å². The average Bonchev–Trinajstić information content (AvgIpc) is 2.95. The molecule has 0 aliphatic carbocycles. The van der Waals surface area contributed by atoms with E-state index in [9.17, 15) is 8.42 Å². The Balaban J connectivity index is 2.19. The number of benzene rings is 1. The molecule has 0 bridgehead atoms. The summed E-state index contributed by atoms with van der Waals surface area (Å²) >= 11 is 1.44. The van der Waals surface area contributed by atoms with Crippen LogP contribution in [0.15, 0.2) is 34.0 Å². The first-order chi connectivity index (χ1) is 8.54. The van der Waals surface area contributed by atoms with Crippen molar-refractivity contribution in [2.24, 2.45) is 0 Å². The van der Waals surface area contributed by atoms with Gasteiger partial charge in [0.1, 0.15) is 5.69 Å². The summed E-state index contributed by atoms with van der Waals surface area (Å²) in [7, 11) is -4.20. The first kappa shape index (κ1) is 11.3. The normalized spacial score (nSPS) is 12.1. The Kier molecular flexibility index (Phi) is 2.44. The van der Waals surface area contributed by atoms with Crippen LogP contribution in [0.5, 0.6) is 0 Å². The van der Waals surface area contributed by atoms with Crippen LogP contribution >= 0.6 is 11.3 Å². The van der Waals surface area contributed by atoms with Gasteiger partial charge in [-0.15, -0.1) is 11.3 Å². The molecule has 2 N–H and O–H groups in total. The number of aromatic nitrogens is 3. The molecule has 0 aliphatic heterocycles. The van der Waals surface area contributed by atoms with Crippen molar-refractivity contribution in [3.8, 4) is 11.5 Å². The highest BCUT2D eigenvalue weighted by molar-refractivity contribution is 7.85. The Morgan fingerprint density at radius 3 is 2.83 bits per heavy atom. The van der Waals surface area contributed by atoms with Gasteiger partial charge in [0, 0.05) is 5.38 Å². The van der Waals surface area contributed by atoms with Gasteiger partial charge in [-0.25, -0.2) is 9.97 Å². The molecule has 6 nitrogen and oxygen atoms in total. The van der Waals surface area contributed by atoms with Crippen molar-refractivity contribution in [3.63, 3.8) is 0 Å². The molecule has 3 rings (SSSR count). The zero-order chi connectivity index (χ0) is 12.8. The average molecular weight is 281 g/mol. The molecule has 18 heavy (non-hydrogen) atoms. The highest BCUT2D eigenvalue weighted by atomic mass is 32.2. The molecule has 0 saturated heterocycles. The molecular formula is C10H7N3O3S2. The van der Waals surface area contributed by atoms with Crippen LogP contribution in [-0.2, 0) is 10.1 Å². The lowest BCUT2D eigenvalue weighted by atomic mass is 10.3. The number of thiazole rings is 1. The van der Waals surface area contributed by atoms with Gasteiger partial charge in [-0.3, -0.25) is 4.55 Å². The lowest BCUT2D eigenvalue weighted by Gasteiger charge is -1.95. The summed E-state index contributed by atoms with van der Waals surface area (Å²) < 4.78 is 31.0. The lowest BCUT2D eigenvalue weighted by molar-refractivity contribution is 0.483. The van der Waals surface area contributed by atoms with Crippen LogP contribution in [0.2, 0.25) is 0 Å². The van der Waals surface area contributed by atoms with Crippen LogP contribution < -0.4 is 0 Å². The van der Waals surface area contributed by atoms with Crippen molar-refractivity contribution in [1.82, 2.24) is 15.0 Å². The Morgan fingerprint density at radius 2 is 2.17 bits per heavy atom. The number of nitrogens with one attached hydrogen (secondary N) is 1. The molecule has 2 heterocycles. The third-order valence-electron chi connectivity index (χ3n) is 2.43. The Labute approximate surface area is 106 Å². The monoisotopic (exact) mass is 281 g/mol. The molecule has 0 unspecified atom stereocenters. The number of hydrogen-bond donors (Lipinski definition) is 2. The van der Waals surface area contributed by atoms with E-state index in [0.29, 0.717) is 22.6 Å². The van der Waals surface area contributed by atoms with Gasteiger partial charge in [0.2, 0.25) is 0 Å². The van der Waals surface area contributed by atoms with Gasteiger partial charge in [-0.05, 0) is 18.2 Å². The second-order valence-corrected chi connectivity index (χ2v) is 5.75. The molecule has 3 aromatic rings. The van der Waals surface area contributed by atoms with E-state index in [1.807, 2.05) is 5.38 Å². The Bertz CT molecular complexity index is 806. The molecule has 0 spiro atoms. The number of aromatic amines is 1. The van der Waals surface area contributed by atoms with Crippen LogP contribution in [0.25, 0.3) is 22.6 Å². The smallest absolute Gasteiger partial charge is 0.294 e. The number of H-pyrrole nitrogens is 1. The quantitative estimate of drug-likeness (QED) is 0.700. The number of hydrogen-bond acceptors (Lipinski definition) is 5. The fourth-order valence-electron chi connectivity index (χ4n) is 1.60. The van der Waals surface area contributed by atoms with Crippen molar-refractivity contribution in [2.45, 2.75) is 4.90 Å². The van der Waals surface area contributed by atoms with Gasteiger partial charge < -0.3 is 4.98 Å². The highest BCUT2D eigenvalue weighted by Crippen LogP contribution is 2.22. The summed E-state index contributed by atoms with van der Waals surface area (Å²) in [5, 5.41) is 1.83. The molecule has 1 aromatic carbocycles. The van der Waals surface area contributed by atoms with E-state index < -0.39 is 10.1 Å². The fourth-order valence-corrected chi connectivity index (χ4v) is 2.64. The molecule has 0 aliphatic rings. The van der Waals surface area contributed by atoms with Crippen molar-refractivity contribution < 1.29 is 13.0 Å². The fraction of sp³-hybridized carbons (Fsp3) is 0. The third-order valence-corrected chi connectivity index (χ3v) is 3.86. The predicted octanol–water partition coefficient (Wildman–Crippen LogP) is 1.93. The van der Waals surface area contributed by atoms with Gasteiger partial charge >= 0.3 is 0 Å². The predicted molar refractivity (Wildman–Crippen MR) is 67.0 cm³/mol. The van der Waals surface area contributed by atoms with E-state index in [1.54, 1.807) is 5.51 Å². The molecule has 2 aromatic heterocycles. The standard InChI is InChI=1S/C10H7N3O3S2/c14-18(15,16)6-1-2-7-8(3-6)13-10(12-7)9-4-17-5-11-9/h1-5H,(H,12,13)(H,14,15,16). The number of imidazole rings is 1. The first-order valence-corrected chi connectivity index (χ1v) is 7.28. The minimum absolute atomic E-state index is 0.163. The third kappa shape index (κ3) is 1.90. The van der Waals surface area contributed by atoms with Crippen LogP contribution in [0.4, 0.5) is 0 Å². The maximum atomic E-state index is 11.0. The summed E-state index contributed by atoms with van der Waals surface area (Å²) in [5.74, 6) is 0.568. The summed E-state index contributed by atoms with van der Waals surface area (Å²) in [5.41, 5.74) is 3.54. The van der Waals surface area contributed by atoms with E-state index in [0.717, 1.165) is 0 Å². The molecule has 0 radical (unpaired) electrons. The minimum Gasteiger partial charge on any atom is -0.337 e. The molecule has 0 fully saturated rings. The second kappa shape index (κ2) is 3.87. The van der Waals surface area contributed by atoms with E-state index >= 15 is 0 Å². The first-order valence-electron chi connectivity index (χ1n) is 4.90. The zero-order valence-electron chi connectivity index (χ0n) is 8.86. The van der Waals surface area contributed by atoms with Gasteiger partial charge in [-0.2, -0.15) is 8.42 Å². The lowest BCUT2D eigenvalue weighted by Crippen LogP contribution is -1.97. The maximum Gasteiger partial charge on any atom is 0.294 e. The summed E-state index contributed by atoms with van der Waals surface area (Å²) in [4.78, 5) is 11.2. The van der Waals surface area contributed by atoms with Crippen molar-refractivity contribution >= 4 is 32.5 Å². The summed E-state index contributed by atoms with van der Waals surface area (Å²) in [6, 6.07) is 4.18. The summed E-state index contributed by atoms with van der Waals surface area (Å²) in [6.07, 6.45) is 0. The van der Waals surface area contributed by atoms with Crippen molar-refractivity contribution in [3.05, 3.63) is 29.1 Å². The molecule has 8 heteroatoms. The van der Waals surface area contributed by atoms with E-state index in [4.69, 9.17) is 4.55 Å². The van der Waals surface area contributed by atoms with Crippen molar-refractivity contribution in [2.75, 3.05) is 0 Å².